The molecule has 16 heavy (non-hydrogen) atoms. The summed E-state index contributed by atoms with van der Waals surface area (Å²) in [6.45, 7) is 2.17. The molecule has 1 aromatic carbocycles. The van der Waals surface area contributed by atoms with Crippen LogP contribution in [0.5, 0.6) is 0 Å². The molecule has 1 aliphatic rings. The average Bonchev–Trinajstić information content (AvgIpc) is 2.60. The van der Waals surface area contributed by atoms with E-state index in [0.717, 1.165) is 11.1 Å². The third kappa shape index (κ3) is 2.03. The van der Waals surface area contributed by atoms with E-state index < -0.39 is 0 Å². The van der Waals surface area contributed by atoms with Crippen molar-refractivity contribution >= 4 is 17.8 Å². The zero-order valence-corrected chi connectivity index (χ0v) is 9.03. The largest absolute Gasteiger partial charge is 0.466 e. The van der Waals surface area contributed by atoms with E-state index in [9.17, 15) is 9.59 Å². The number of hydrogen-bond acceptors (Lipinski definition) is 3. The number of fused-ring (bicyclic) bond motifs is 1. The summed E-state index contributed by atoms with van der Waals surface area (Å²) in [4.78, 5) is 22.6. The monoisotopic (exact) mass is 216 g/mol. The predicted octanol–water partition coefficient (Wildman–Crippen LogP) is 2.00. The third-order valence-electron chi connectivity index (χ3n) is 2.45. The summed E-state index contributed by atoms with van der Waals surface area (Å²) in [5.74, 6) is -0.214. The highest BCUT2D eigenvalue weighted by molar-refractivity contribution is 6.13. The second-order valence-electron chi connectivity index (χ2n) is 3.60. The Morgan fingerprint density at radius 1 is 1.31 bits per heavy atom. The van der Waals surface area contributed by atoms with Crippen LogP contribution in [-0.4, -0.2) is 18.4 Å². The van der Waals surface area contributed by atoms with E-state index >= 15 is 0 Å². The van der Waals surface area contributed by atoms with Gasteiger partial charge in [-0.1, -0.05) is 24.3 Å². The van der Waals surface area contributed by atoms with Gasteiger partial charge < -0.3 is 4.74 Å². The van der Waals surface area contributed by atoms with Crippen LogP contribution in [-0.2, 0) is 16.0 Å². The number of benzene rings is 1. The van der Waals surface area contributed by atoms with Crippen molar-refractivity contribution in [2.24, 2.45) is 0 Å². The number of allylic oxidation sites excluding steroid dienone is 1. The van der Waals surface area contributed by atoms with Crippen LogP contribution in [0, 0.1) is 0 Å². The molecule has 3 heteroatoms. The Kier molecular flexibility index (Phi) is 2.86. The van der Waals surface area contributed by atoms with E-state index in [2.05, 4.69) is 0 Å². The Balaban J connectivity index is 2.16. The summed E-state index contributed by atoms with van der Waals surface area (Å²) in [6, 6.07) is 5.40. The highest BCUT2D eigenvalue weighted by Gasteiger charge is 2.14. The highest BCUT2D eigenvalue weighted by Crippen LogP contribution is 2.21. The zero-order valence-electron chi connectivity index (χ0n) is 9.03. The molecule has 0 N–H and O–H groups in total. The van der Waals surface area contributed by atoms with Crippen molar-refractivity contribution in [3.8, 4) is 0 Å². The van der Waals surface area contributed by atoms with Crippen molar-refractivity contribution in [1.82, 2.24) is 0 Å². The molecule has 0 atom stereocenters. The highest BCUT2D eigenvalue weighted by atomic mass is 16.5. The topological polar surface area (TPSA) is 43.4 Å². The van der Waals surface area contributed by atoms with Gasteiger partial charge in [0.2, 0.25) is 0 Å². The predicted molar refractivity (Wildman–Crippen MR) is 60.1 cm³/mol. The molecule has 82 valence electrons. The van der Waals surface area contributed by atoms with E-state index in [4.69, 9.17) is 4.74 Å². The van der Waals surface area contributed by atoms with Crippen molar-refractivity contribution in [2.75, 3.05) is 6.61 Å². The maximum atomic E-state index is 11.3. The van der Waals surface area contributed by atoms with Gasteiger partial charge in [0.05, 0.1) is 13.0 Å². The molecule has 1 aliphatic carbocycles. The molecular weight excluding hydrogens is 204 g/mol. The number of carbonyl (C=O) groups is 2. The van der Waals surface area contributed by atoms with Gasteiger partial charge in [0, 0.05) is 5.56 Å². The van der Waals surface area contributed by atoms with Crippen LogP contribution >= 0.6 is 0 Å². The van der Waals surface area contributed by atoms with Gasteiger partial charge in [-0.3, -0.25) is 9.59 Å². The molecule has 0 fully saturated rings. The lowest BCUT2D eigenvalue weighted by Gasteiger charge is -2.04. The number of ether oxygens (including phenoxy) is 1. The van der Waals surface area contributed by atoms with Crippen molar-refractivity contribution < 1.29 is 14.3 Å². The van der Waals surface area contributed by atoms with E-state index in [1.807, 2.05) is 6.07 Å². The van der Waals surface area contributed by atoms with E-state index in [-0.39, 0.29) is 18.2 Å². The average molecular weight is 216 g/mol. The minimum atomic E-state index is -0.240. The summed E-state index contributed by atoms with van der Waals surface area (Å²) in [5.41, 5.74) is 2.45. The van der Waals surface area contributed by atoms with Gasteiger partial charge in [0.25, 0.3) is 0 Å². The maximum Gasteiger partial charge on any atom is 0.310 e. The van der Waals surface area contributed by atoms with Gasteiger partial charge in [0.1, 0.15) is 0 Å². The van der Waals surface area contributed by atoms with Crippen LogP contribution in [0.15, 0.2) is 24.3 Å². The van der Waals surface area contributed by atoms with E-state index in [0.29, 0.717) is 12.2 Å². The quantitative estimate of drug-likeness (QED) is 0.726. The Morgan fingerprint density at radius 3 is 2.88 bits per heavy atom. The van der Waals surface area contributed by atoms with Crippen LogP contribution in [0.1, 0.15) is 28.4 Å². The molecule has 0 radical (unpaired) electrons. The fourth-order valence-electron chi connectivity index (χ4n) is 1.72. The Bertz CT molecular complexity index is 472. The van der Waals surface area contributed by atoms with E-state index in [1.54, 1.807) is 31.2 Å². The van der Waals surface area contributed by atoms with Crippen LogP contribution in [0.3, 0.4) is 0 Å². The SMILES string of the molecule is CCOC(=O)Cc1ccc2c(c1)C=CC2=O. The van der Waals surface area contributed by atoms with Crippen molar-refractivity contribution in [2.45, 2.75) is 13.3 Å². The molecule has 2 rings (SSSR count). The number of ketones is 1. The van der Waals surface area contributed by atoms with Crippen molar-refractivity contribution in [3.05, 3.63) is 41.0 Å². The van der Waals surface area contributed by atoms with Crippen molar-refractivity contribution in [1.29, 1.82) is 0 Å². The summed E-state index contributed by atoms with van der Waals surface area (Å²) in [6.07, 6.45) is 3.56. The molecule has 0 saturated heterocycles. The second-order valence-corrected chi connectivity index (χ2v) is 3.60. The Morgan fingerprint density at radius 2 is 2.12 bits per heavy atom. The van der Waals surface area contributed by atoms with Gasteiger partial charge >= 0.3 is 5.97 Å². The minimum absolute atomic E-state index is 0.0256. The van der Waals surface area contributed by atoms with Gasteiger partial charge in [0.15, 0.2) is 5.78 Å². The number of rotatable bonds is 3. The summed E-state index contributed by atoms with van der Waals surface area (Å²) in [7, 11) is 0. The molecule has 0 spiro atoms. The third-order valence-corrected chi connectivity index (χ3v) is 2.45. The normalized spacial score (nSPS) is 12.7. The summed E-state index contributed by atoms with van der Waals surface area (Å²) < 4.78 is 4.86. The van der Waals surface area contributed by atoms with Gasteiger partial charge in [-0.15, -0.1) is 0 Å². The first-order valence-corrected chi connectivity index (χ1v) is 5.21. The van der Waals surface area contributed by atoms with Crippen LogP contribution in [0.25, 0.3) is 6.08 Å². The van der Waals surface area contributed by atoms with Gasteiger partial charge in [-0.25, -0.2) is 0 Å². The van der Waals surface area contributed by atoms with Gasteiger partial charge in [-0.05, 0) is 24.1 Å². The standard InChI is InChI=1S/C13H12O3/c1-2-16-13(15)8-9-3-5-11-10(7-9)4-6-12(11)14/h3-7H,2,8H2,1H3. The van der Waals surface area contributed by atoms with E-state index in [1.165, 1.54) is 0 Å². The van der Waals surface area contributed by atoms with Crippen molar-refractivity contribution in [3.63, 3.8) is 0 Å². The lowest BCUT2D eigenvalue weighted by atomic mass is 10.0. The molecular formula is C13H12O3. The Labute approximate surface area is 93.7 Å². The first-order chi connectivity index (χ1) is 7.70. The first kappa shape index (κ1) is 10.6. The molecule has 1 aromatic rings. The second kappa shape index (κ2) is 4.31. The molecule has 3 nitrogen and oxygen atoms in total. The number of carbonyl (C=O) groups excluding carboxylic acids is 2. The van der Waals surface area contributed by atoms with Gasteiger partial charge in [-0.2, -0.15) is 0 Å². The minimum Gasteiger partial charge on any atom is -0.466 e. The molecule has 0 aliphatic heterocycles. The lowest BCUT2D eigenvalue weighted by molar-refractivity contribution is -0.142. The number of hydrogen-bond donors (Lipinski definition) is 0. The first-order valence-electron chi connectivity index (χ1n) is 5.21. The Hall–Kier alpha value is -1.90. The smallest absolute Gasteiger partial charge is 0.310 e. The summed E-state index contributed by atoms with van der Waals surface area (Å²) >= 11 is 0. The fraction of sp³-hybridized carbons (Fsp3) is 0.231. The van der Waals surface area contributed by atoms with Crippen LogP contribution in [0.4, 0.5) is 0 Å². The lowest BCUT2D eigenvalue weighted by Crippen LogP contribution is -2.07. The molecule has 0 heterocycles. The molecule has 0 unspecified atom stereocenters. The fourth-order valence-corrected chi connectivity index (χ4v) is 1.72. The molecule has 0 aromatic heterocycles. The molecule has 0 saturated carbocycles. The maximum absolute atomic E-state index is 11.3. The number of esters is 1. The van der Waals surface area contributed by atoms with Crippen LogP contribution < -0.4 is 0 Å². The zero-order chi connectivity index (χ0) is 11.5. The van der Waals surface area contributed by atoms with Crippen LogP contribution in [0.2, 0.25) is 0 Å². The summed E-state index contributed by atoms with van der Waals surface area (Å²) in [5, 5.41) is 0. The molecule has 0 amide bonds. The molecule has 0 bridgehead atoms.